The second kappa shape index (κ2) is 4.44. The summed E-state index contributed by atoms with van der Waals surface area (Å²) in [5.74, 6) is 1.02. The minimum atomic E-state index is -3.46. The highest BCUT2D eigenvalue weighted by Crippen LogP contribution is 2.27. The molecule has 1 saturated heterocycles. The molecule has 1 N–H and O–H groups in total. The van der Waals surface area contributed by atoms with Crippen LogP contribution in [0.15, 0.2) is 15.4 Å². The first-order valence-corrected chi connectivity index (χ1v) is 7.09. The molecule has 1 unspecified atom stereocenters. The number of furan rings is 1. The maximum absolute atomic E-state index is 12.3. The Morgan fingerprint density at radius 3 is 2.76 bits per heavy atom. The molecule has 6 heteroatoms. The molecule has 0 spiro atoms. The fraction of sp³-hybridized carbons (Fsp3) is 0.636. The lowest BCUT2D eigenvalue weighted by Gasteiger charge is -2.14. The number of hydrogen-bond donors (Lipinski definition) is 1. The predicted octanol–water partition coefficient (Wildman–Crippen LogP) is 1.11. The standard InChI is InChI=1S/C11H17NO4S/c1-8-3-4-12(6-8)17(14,15)11-5-10(7-13)16-9(11)2/h5,8,13H,3-4,6-7H2,1-2H3. The van der Waals surface area contributed by atoms with Crippen LogP contribution in [-0.2, 0) is 16.6 Å². The van der Waals surface area contributed by atoms with Crippen LogP contribution in [0.25, 0.3) is 0 Å². The van der Waals surface area contributed by atoms with Crippen LogP contribution in [0.2, 0.25) is 0 Å². The Morgan fingerprint density at radius 2 is 2.29 bits per heavy atom. The lowest BCUT2D eigenvalue weighted by atomic mass is 10.2. The van der Waals surface area contributed by atoms with Crippen molar-refractivity contribution in [3.63, 3.8) is 0 Å². The zero-order valence-electron chi connectivity index (χ0n) is 10.0. The molecular formula is C11H17NO4S. The quantitative estimate of drug-likeness (QED) is 0.882. The molecule has 1 aliphatic rings. The summed E-state index contributed by atoms with van der Waals surface area (Å²) in [6.07, 6.45) is 0.892. The van der Waals surface area contributed by atoms with Crippen LogP contribution in [0, 0.1) is 12.8 Å². The van der Waals surface area contributed by atoms with Gasteiger partial charge in [0.15, 0.2) is 0 Å². The van der Waals surface area contributed by atoms with Gasteiger partial charge >= 0.3 is 0 Å². The molecule has 5 nitrogen and oxygen atoms in total. The van der Waals surface area contributed by atoms with Crippen molar-refractivity contribution in [2.24, 2.45) is 5.92 Å². The van der Waals surface area contributed by atoms with E-state index in [2.05, 4.69) is 0 Å². The number of nitrogens with zero attached hydrogens (tertiary/aromatic N) is 1. The summed E-state index contributed by atoms with van der Waals surface area (Å²) in [6.45, 7) is 4.47. The summed E-state index contributed by atoms with van der Waals surface area (Å²) in [6, 6.07) is 1.41. The average Bonchev–Trinajstić information content (AvgIpc) is 2.85. The van der Waals surface area contributed by atoms with Gasteiger partial charge in [-0.1, -0.05) is 6.92 Å². The highest BCUT2D eigenvalue weighted by Gasteiger charge is 2.33. The Morgan fingerprint density at radius 1 is 1.59 bits per heavy atom. The number of hydrogen-bond acceptors (Lipinski definition) is 4. The number of aryl methyl sites for hydroxylation is 1. The molecule has 17 heavy (non-hydrogen) atoms. The number of sulfonamides is 1. The second-order valence-electron chi connectivity index (χ2n) is 4.55. The Hall–Kier alpha value is -0.850. The SMILES string of the molecule is Cc1oc(CO)cc1S(=O)(=O)N1CCC(C)C1. The Bertz CT molecular complexity index is 506. The second-order valence-corrected chi connectivity index (χ2v) is 6.45. The van der Waals surface area contributed by atoms with Gasteiger partial charge in [-0.05, 0) is 19.3 Å². The summed E-state index contributed by atoms with van der Waals surface area (Å²) < 4.78 is 31.3. The lowest BCUT2D eigenvalue weighted by Crippen LogP contribution is -2.28. The van der Waals surface area contributed by atoms with Gasteiger partial charge in [0.25, 0.3) is 0 Å². The largest absolute Gasteiger partial charge is 0.462 e. The minimum absolute atomic E-state index is 0.177. The molecule has 1 fully saturated rings. The molecule has 1 aromatic heterocycles. The number of aliphatic hydroxyl groups excluding tert-OH is 1. The summed E-state index contributed by atoms with van der Waals surface area (Å²) in [5, 5.41) is 8.95. The van der Waals surface area contributed by atoms with E-state index in [9.17, 15) is 8.42 Å². The van der Waals surface area contributed by atoms with Crippen LogP contribution in [0.5, 0.6) is 0 Å². The van der Waals surface area contributed by atoms with Crippen LogP contribution < -0.4 is 0 Å². The molecule has 1 atom stereocenters. The normalized spacial score (nSPS) is 22.2. The summed E-state index contributed by atoms with van der Waals surface area (Å²) in [7, 11) is -3.46. The minimum Gasteiger partial charge on any atom is -0.462 e. The third-order valence-electron chi connectivity index (χ3n) is 3.08. The van der Waals surface area contributed by atoms with Crippen molar-refractivity contribution >= 4 is 10.0 Å². The van der Waals surface area contributed by atoms with Crippen molar-refractivity contribution in [1.29, 1.82) is 0 Å². The molecule has 96 valence electrons. The molecule has 2 heterocycles. The first kappa shape index (κ1) is 12.6. The van der Waals surface area contributed by atoms with Gasteiger partial charge < -0.3 is 9.52 Å². The first-order valence-electron chi connectivity index (χ1n) is 5.65. The molecule has 2 rings (SSSR count). The zero-order chi connectivity index (χ0) is 12.6. The first-order chi connectivity index (χ1) is 7.95. The van der Waals surface area contributed by atoms with E-state index in [1.54, 1.807) is 6.92 Å². The molecule has 0 aromatic carbocycles. The van der Waals surface area contributed by atoms with Gasteiger partial charge in [0.2, 0.25) is 10.0 Å². The van der Waals surface area contributed by atoms with Crippen LogP contribution in [0.1, 0.15) is 24.9 Å². The van der Waals surface area contributed by atoms with Crippen molar-refractivity contribution in [3.8, 4) is 0 Å². The van der Waals surface area contributed by atoms with Crippen LogP contribution >= 0.6 is 0 Å². The van der Waals surface area contributed by atoms with E-state index in [0.29, 0.717) is 24.8 Å². The topological polar surface area (TPSA) is 70.8 Å². The molecule has 0 saturated carbocycles. The van der Waals surface area contributed by atoms with Gasteiger partial charge in [-0.15, -0.1) is 0 Å². The van der Waals surface area contributed by atoms with Crippen LogP contribution in [0.3, 0.4) is 0 Å². The molecule has 0 amide bonds. The predicted molar refractivity (Wildman–Crippen MR) is 61.9 cm³/mol. The van der Waals surface area contributed by atoms with E-state index in [1.165, 1.54) is 10.4 Å². The van der Waals surface area contributed by atoms with Crippen LogP contribution in [-0.4, -0.2) is 30.9 Å². The van der Waals surface area contributed by atoms with Crippen molar-refractivity contribution in [3.05, 3.63) is 17.6 Å². The zero-order valence-corrected chi connectivity index (χ0v) is 10.8. The van der Waals surface area contributed by atoms with Gasteiger partial charge in [-0.3, -0.25) is 0 Å². The van der Waals surface area contributed by atoms with E-state index >= 15 is 0 Å². The number of rotatable bonds is 3. The fourth-order valence-corrected chi connectivity index (χ4v) is 3.87. The molecule has 1 aromatic rings. The third-order valence-corrected chi connectivity index (χ3v) is 5.06. The highest BCUT2D eigenvalue weighted by atomic mass is 32.2. The van der Waals surface area contributed by atoms with E-state index in [0.717, 1.165) is 6.42 Å². The van der Waals surface area contributed by atoms with Gasteiger partial charge in [0.1, 0.15) is 23.0 Å². The van der Waals surface area contributed by atoms with E-state index in [1.807, 2.05) is 6.92 Å². The maximum atomic E-state index is 12.3. The lowest BCUT2D eigenvalue weighted by molar-refractivity contribution is 0.244. The molecule has 0 bridgehead atoms. The maximum Gasteiger partial charge on any atom is 0.246 e. The third kappa shape index (κ3) is 2.25. The van der Waals surface area contributed by atoms with Crippen LogP contribution in [0.4, 0.5) is 0 Å². The average molecular weight is 259 g/mol. The Balaban J connectivity index is 2.34. The van der Waals surface area contributed by atoms with E-state index in [-0.39, 0.29) is 17.3 Å². The summed E-state index contributed by atoms with van der Waals surface area (Å²) in [5.41, 5.74) is 0. The van der Waals surface area contributed by atoms with Gasteiger partial charge in [0.05, 0.1) is 0 Å². The summed E-state index contributed by atoms with van der Waals surface area (Å²) >= 11 is 0. The van der Waals surface area contributed by atoms with Gasteiger partial charge in [0, 0.05) is 19.2 Å². The molecule has 0 radical (unpaired) electrons. The Labute approximate surface area is 101 Å². The molecule has 0 aliphatic carbocycles. The van der Waals surface area contributed by atoms with Gasteiger partial charge in [-0.25, -0.2) is 8.42 Å². The number of aliphatic hydroxyl groups is 1. The van der Waals surface area contributed by atoms with Gasteiger partial charge in [-0.2, -0.15) is 4.31 Å². The van der Waals surface area contributed by atoms with E-state index < -0.39 is 10.0 Å². The van der Waals surface area contributed by atoms with Crippen molar-refractivity contribution in [2.75, 3.05) is 13.1 Å². The van der Waals surface area contributed by atoms with Crippen molar-refractivity contribution in [2.45, 2.75) is 31.8 Å². The van der Waals surface area contributed by atoms with Crippen molar-refractivity contribution < 1.29 is 17.9 Å². The fourth-order valence-electron chi connectivity index (χ4n) is 2.11. The molecule has 1 aliphatic heterocycles. The summed E-state index contributed by atoms with van der Waals surface area (Å²) in [4.78, 5) is 0.177. The molecular weight excluding hydrogens is 242 g/mol. The smallest absolute Gasteiger partial charge is 0.246 e. The Kier molecular flexibility index (Phi) is 3.29. The monoisotopic (exact) mass is 259 g/mol. The highest BCUT2D eigenvalue weighted by molar-refractivity contribution is 7.89. The van der Waals surface area contributed by atoms with E-state index in [4.69, 9.17) is 9.52 Å². The van der Waals surface area contributed by atoms with Crippen molar-refractivity contribution in [1.82, 2.24) is 4.31 Å².